The quantitative estimate of drug-likeness (QED) is 0.363. The third kappa shape index (κ3) is 6.18. The van der Waals surface area contributed by atoms with Crippen LogP contribution in [0, 0.1) is 5.82 Å². The van der Waals surface area contributed by atoms with Gasteiger partial charge in [0.05, 0.1) is 11.8 Å². The van der Waals surface area contributed by atoms with E-state index in [1.807, 2.05) is 30.3 Å². The van der Waals surface area contributed by atoms with E-state index >= 15 is 0 Å². The molecule has 3 rings (SSSR count). The number of rotatable bonds is 11. The van der Waals surface area contributed by atoms with E-state index in [4.69, 9.17) is 4.74 Å². The fourth-order valence-electron chi connectivity index (χ4n) is 3.19. The van der Waals surface area contributed by atoms with Gasteiger partial charge in [-0.05, 0) is 49.5 Å². The lowest BCUT2D eigenvalue weighted by molar-refractivity contribution is -0.118. The zero-order valence-corrected chi connectivity index (χ0v) is 19.8. The van der Waals surface area contributed by atoms with Crippen molar-refractivity contribution in [2.75, 3.05) is 43.9 Å². The summed E-state index contributed by atoms with van der Waals surface area (Å²) in [4.78, 5) is 22.7. The Bertz CT molecular complexity index is 990. The highest BCUT2D eigenvalue weighted by Crippen LogP contribution is 2.31. The van der Waals surface area contributed by atoms with Gasteiger partial charge < -0.3 is 9.64 Å². The summed E-state index contributed by atoms with van der Waals surface area (Å²) in [5.41, 5.74) is 0.329. The van der Waals surface area contributed by atoms with Crippen molar-refractivity contribution in [2.24, 2.45) is 0 Å². The van der Waals surface area contributed by atoms with Crippen LogP contribution in [0.5, 0.6) is 5.75 Å². The first-order valence-electron chi connectivity index (χ1n) is 10.4. The molecule has 2 aromatic carbocycles. The normalized spacial score (nSPS) is 11.3. The molecule has 0 aliphatic heterocycles. The van der Waals surface area contributed by atoms with Gasteiger partial charge in [-0.25, -0.2) is 9.37 Å². The summed E-state index contributed by atoms with van der Waals surface area (Å²) >= 11 is 2.99. The smallest absolute Gasteiger partial charge is 0.229 e. The van der Waals surface area contributed by atoms with Crippen molar-refractivity contribution in [1.82, 2.24) is 9.88 Å². The Morgan fingerprint density at radius 2 is 1.87 bits per heavy atom. The fraction of sp³-hybridized carbons (Fsp3) is 0.391. The maximum absolute atomic E-state index is 14.2. The van der Waals surface area contributed by atoms with Crippen LogP contribution in [0.3, 0.4) is 0 Å². The molecular formula is C23H28FN3O2S2. The molecule has 0 N–H and O–H groups in total. The van der Waals surface area contributed by atoms with E-state index in [1.54, 1.807) is 29.8 Å². The molecule has 1 aromatic heterocycles. The zero-order valence-electron chi connectivity index (χ0n) is 18.1. The third-order valence-electron chi connectivity index (χ3n) is 5.07. The van der Waals surface area contributed by atoms with E-state index in [9.17, 15) is 9.18 Å². The van der Waals surface area contributed by atoms with Gasteiger partial charge in [-0.15, -0.1) is 11.8 Å². The molecule has 0 radical (unpaired) electrons. The Kier molecular flexibility index (Phi) is 8.69. The van der Waals surface area contributed by atoms with Gasteiger partial charge in [-0.3, -0.25) is 9.69 Å². The maximum atomic E-state index is 14.2. The van der Waals surface area contributed by atoms with E-state index in [0.717, 1.165) is 35.0 Å². The number of anilines is 1. The van der Waals surface area contributed by atoms with Gasteiger partial charge >= 0.3 is 0 Å². The molecule has 31 heavy (non-hydrogen) atoms. The van der Waals surface area contributed by atoms with Crippen LogP contribution in [0.1, 0.15) is 20.3 Å². The number of benzene rings is 2. The van der Waals surface area contributed by atoms with Crippen LogP contribution in [0.4, 0.5) is 9.52 Å². The lowest BCUT2D eigenvalue weighted by Gasteiger charge is -2.24. The second kappa shape index (κ2) is 11.5. The lowest BCUT2D eigenvalue weighted by atomic mass is 10.3. The standard InChI is InChI=1S/C23H28FN3O2S2/c1-4-26(5-2)14-15-27(23-25-22-19(24)7-6-8-20(22)31-23)21(28)13-16-30-18-11-9-17(29-3)10-12-18/h6-12H,4-5,13-16H2,1-3H3. The number of ether oxygens (including phenoxy) is 1. The lowest BCUT2D eigenvalue weighted by Crippen LogP contribution is -2.39. The number of likely N-dealkylation sites (N-methyl/N-ethyl adjacent to an activating group) is 1. The zero-order chi connectivity index (χ0) is 22.2. The average molecular weight is 462 g/mol. The Morgan fingerprint density at radius 3 is 2.52 bits per heavy atom. The molecule has 8 heteroatoms. The van der Waals surface area contributed by atoms with Gasteiger partial charge in [0.2, 0.25) is 5.91 Å². The molecule has 1 amide bonds. The van der Waals surface area contributed by atoms with Crippen molar-refractivity contribution < 1.29 is 13.9 Å². The van der Waals surface area contributed by atoms with Crippen molar-refractivity contribution in [3.05, 3.63) is 48.3 Å². The molecule has 0 spiro atoms. The SMILES string of the molecule is CCN(CC)CCN(C(=O)CCSc1ccc(OC)cc1)c1nc2c(F)cccc2s1. The van der Waals surface area contributed by atoms with Crippen LogP contribution in [-0.4, -0.2) is 54.8 Å². The van der Waals surface area contributed by atoms with Crippen molar-refractivity contribution >= 4 is 44.4 Å². The number of hydrogen-bond acceptors (Lipinski definition) is 6. The van der Waals surface area contributed by atoms with Crippen LogP contribution in [0.2, 0.25) is 0 Å². The molecule has 0 unspecified atom stereocenters. The van der Waals surface area contributed by atoms with E-state index < -0.39 is 0 Å². The van der Waals surface area contributed by atoms with Crippen molar-refractivity contribution in [3.8, 4) is 5.75 Å². The third-order valence-corrected chi connectivity index (χ3v) is 7.13. The number of halogens is 1. The average Bonchev–Trinajstić information content (AvgIpc) is 3.22. The molecule has 1 heterocycles. The minimum atomic E-state index is -0.355. The number of amides is 1. The van der Waals surface area contributed by atoms with Gasteiger partial charge in [0.1, 0.15) is 17.1 Å². The molecule has 0 fully saturated rings. The molecule has 0 aliphatic carbocycles. The topological polar surface area (TPSA) is 45.7 Å². The summed E-state index contributed by atoms with van der Waals surface area (Å²) in [5, 5.41) is 0.562. The molecule has 166 valence electrons. The molecule has 0 bridgehead atoms. The number of carbonyl (C=O) groups excluding carboxylic acids is 1. The molecule has 0 aliphatic rings. The minimum Gasteiger partial charge on any atom is -0.497 e. The predicted octanol–water partition coefficient (Wildman–Crippen LogP) is 5.30. The molecular weight excluding hydrogens is 433 g/mol. The first kappa shape index (κ1) is 23.5. The van der Waals surface area contributed by atoms with Crippen molar-refractivity contribution in [2.45, 2.75) is 25.2 Å². The number of thiazole rings is 1. The van der Waals surface area contributed by atoms with E-state index in [0.29, 0.717) is 29.4 Å². The molecule has 0 atom stereocenters. The number of methoxy groups -OCH3 is 1. The molecule has 3 aromatic rings. The summed E-state index contributed by atoms with van der Waals surface area (Å²) < 4.78 is 20.1. The summed E-state index contributed by atoms with van der Waals surface area (Å²) in [6, 6.07) is 12.7. The number of fused-ring (bicyclic) bond motifs is 1. The minimum absolute atomic E-state index is 0.00707. The summed E-state index contributed by atoms with van der Waals surface area (Å²) in [6.45, 7) is 7.33. The van der Waals surface area contributed by atoms with Crippen LogP contribution in [-0.2, 0) is 4.79 Å². The van der Waals surface area contributed by atoms with Crippen LogP contribution in [0.15, 0.2) is 47.4 Å². The fourth-order valence-corrected chi connectivity index (χ4v) is 5.05. The number of para-hydroxylation sites is 1. The molecule has 0 saturated heterocycles. The van der Waals surface area contributed by atoms with E-state index in [2.05, 4.69) is 23.7 Å². The van der Waals surface area contributed by atoms with Gasteiger partial charge in [-0.1, -0.05) is 31.3 Å². The first-order valence-corrected chi connectivity index (χ1v) is 12.2. The van der Waals surface area contributed by atoms with E-state index in [-0.39, 0.29) is 11.7 Å². The van der Waals surface area contributed by atoms with Crippen LogP contribution >= 0.6 is 23.1 Å². The second-order valence-electron chi connectivity index (χ2n) is 6.93. The van der Waals surface area contributed by atoms with Crippen molar-refractivity contribution in [3.63, 3.8) is 0 Å². The predicted molar refractivity (Wildman–Crippen MR) is 128 cm³/mol. The number of nitrogens with zero attached hydrogens (tertiary/aromatic N) is 3. The molecule has 0 saturated carbocycles. The Balaban J connectivity index is 1.71. The molecule has 5 nitrogen and oxygen atoms in total. The highest BCUT2D eigenvalue weighted by molar-refractivity contribution is 7.99. The highest BCUT2D eigenvalue weighted by atomic mass is 32.2. The van der Waals surface area contributed by atoms with Gasteiger partial charge in [0, 0.05) is 30.2 Å². The largest absolute Gasteiger partial charge is 0.497 e. The number of hydrogen-bond donors (Lipinski definition) is 0. The second-order valence-corrected chi connectivity index (χ2v) is 9.11. The van der Waals surface area contributed by atoms with Crippen molar-refractivity contribution in [1.29, 1.82) is 0 Å². The number of carbonyl (C=O) groups is 1. The highest BCUT2D eigenvalue weighted by Gasteiger charge is 2.21. The maximum Gasteiger partial charge on any atom is 0.229 e. The van der Waals surface area contributed by atoms with E-state index in [1.165, 1.54) is 17.4 Å². The Labute approximate surface area is 191 Å². The summed E-state index contributed by atoms with van der Waals surface area (Å²) in [5.74, 6) is 1.12. The van der Waals surface area contributed by atoms with Gasteiger partial charge in [0.15, 0.2) is 5.13 Å². The van der Waals surface area contributed by atoms with Crippen LogP contribution < -0.4 is 9.64 Å². The van der Waals surface area contributed by atoms with Crippen LogP contribution in [0.25, 0.3) is 10.2 Å². The summed E-state index contributed by atoms with van der Waals surface area (Å²) in [7, 11) is 1.64. The number of aromatic nitrogens is 1. The number of thioether (sulfide) groups is 1. The first-order chi connectivity index (χ1) is 15.0. The monoisotopic (exact) mass is 461 g/mol. The van der Waals surface area contributed by atoms with Gasteiger partial charge in [-0.2, -0.15) is 0 Å². The Hall–Kier alpha value is -2.16. The summed E-state index contributed by atoms with van der Waals surface area (Å²) in [6.07, 6.45) is 0.382. The van der Waals surface area contributed by atoms with Gasteiger partial charge in [0.25, 0.3) is 0 Å². The Morgan fingerprint density at radius 1 is 1.13 bits per heavy atom.